The quantitative estimate of drug-likeness (QED) is 0.888. The first-order valence-corrected chi connectivity index (χ1v) is 7.64. The summed E-state index contributed by atoms with van der Waals surface area (Å²) in [5.41, 5.74) is 2.43. The summed E-state index contributed by atoms with van der Waals surface area (Å²) >= 11 is 6.44. The fraction of sp³-hybridized carbons (Fsp3) is 0.625. The molecule has 2 nitrogen and oxygen atoms in total. The van der Waals surface area contributed by atoms with Crippen molar-refractivity contribution in [1.82, 2.24) is 10.2 Å². The van der Waals surface area contributed by atoms with Gasteiger partial charge in [0.2, 0.25) is 0 Å². The molecule has 3 heteroatoms. The summed E-state index contributed by atoms with van der Waals surface area (Å²) in [6.07, 6.45) is 1.25. The number of rotatable bonds is 5. The van der Waals surface area contributed by atoms with Gasteiger partial charge in [-0.3, -0.25) is 4.90 Å². The number of hydrogen-bond acceptors (Lipinski definition) is 2. The summed E-state index contributed by atoms with van der Waals surface area (Å²) in [5.74, 6) is 0.684. The Hall–Kier alpha value is -0.570. The Bertz CT molecular complexity index is 411. The van der Waals surface area contributed by atoms with Crippen molar-refractivity contribution in [1.29, 1.82) is 0 Å². The summed E-state index contributed by atoms with van der Waals surface area (Å²) in [6.45, 7) is 11.0. The van der Waals surface area contributed by atoms with Gasteiger partial charge in [-0.15, -0.1) is 0 Å². The van der Waals surface area contributed by atoms with Crippen LogP contribution in [0.4, 0.5) is 0 Å². The van der Waals surface area contributed by atoms with Crippen LogP contribution in [-0.2, 0) is 6.54 Å². The monoisotopic (exact) mass is 280 g/mol. The molecule has 1 atom stereocenters. The molecule has 1 heterocycles. The van der Waals surface area contributed by atoms with E-state index in [4.69, 9.17) is 11.6 Å². The van der Waals surface area contributed by atoms with Gasteiger partial charge in [0.05, 0.1) is 0 Å². The van der Waals surface area contributed by atoms with Crippen LogP contribution < -0.4 is 5.32 Å². The summed E-state index contributed by atoms with van der Waals surface area (Å²) < 4.78 is 0. The van der Waals surface area contributed by atoms with Gasteiger partial charge in [-0.25, -0.2) is 0 Å². The van der Waals surface area contributed by atoms with Crippen LogP contribution in [0.15, 0.2) is 18.2 Å². The summed E-state index contributed by atoms with van der Waals surface area (Å²) in [4.78, 5) is 2.59. The van der Waals surface area contributed by atoms with Gasteiger partial charge in [0, 0.05) is 30.7 Å². The molecule has 1 aliphatic rings. The number of hydrogen-bond donors (Lipinski definition) is 1. The van der Waals surface area contributed by atoms with Crippen LogP contribution in [0, 0.1) is 12.8 Å². The van der Waals surface area contributed by atoms with Crippen molar-refractivity contribution in [3.63, 3.8) is 0 Å². The molecule has 19 heavy (non-hydrogen) atoms. The predicted molar refractivity (Wildman–Crippen MR) is 82.7 cm³/mol. The third-order valence-electron chi connectivity index (χ3n) is 3.80. The molecule has 0 spiro atoms. The van der Waals surface area contributed by atoms with E-state index in [1.807, 2.05) is 0 Å². The molecule has 0 bridgehead atoms. The molecule has 1 unspecified atom stereocenters. The lowest BCUT2D eigenvalue weighted by molar-refractivity contribution is 0.177. The van der Waals surface area contributed by atoms with Crippen molar-refractivity contribution in [3.05, 3.63) is 34.3 Å². The summed E-state index contributed by atoms with van der Waals surface area (Å²) in [5, 5.41) is 4.40. The van der Waals surface area contributed by atoms with Crippen LogP contribution in [0.25, 0.3) is 0 Å². The lowest BCUT2D eigenvalue weighted by atomic mass is 10.1. The van der Waals surface area contributed by atoms with E-state index in [2.05, 4.69) is 49.2 Å². The summed E-state index contributed by atoms with van der Waals surface area (Å²) in [6, 6.07) is 7.00. The zero-order valence-electron chi connectivity index (χ0n) is 12.2. The lowest BCUT2D eigenvalue weighted by Gasteiger charge is -2.30. The Morgan fingerprint density at radius 3 is 2.84 bits per heavy atom. The van der Waals surface area contributed by atoms with Crippen LogP contribution >= 0.6 is 11.6 Å². The number of nitrogens with one attached hydrogen (secondary N) is 1. The second-order valence-electron chi connectivity index (χ2n) is 6.02. The molecular weight excluding hydrogens is 256 g/mol. The van der Waals surface area contributed by atoms with E-state index in [9.17, 15) is 0 Å². The molecule has 0 amide bonds. The van der Waals surface area contributed by atoms with E-state index >= 15 is 0 Å². The molecular formula is C16H25ClN2. The maximum absolute atomic E-state index is 6.44. The first-order valence-electron chi connectivity index (χ1n) is 7.26. The van der Waals surface area contributed by atoms with Gasteiger partial charge in [0.1, 0.15) is 0 Å². The van der Waals surface area contributed by atoms with Crippen molar-refractivity contribution >= 4 is 11.6 Å². The SMILES string of the molecule is Cc1cccc(CN(CC(C)C)C2CCNC2)c1Cl. The fourth-order valence-corrected chi connectivity index (χ4v) is 3.00. The summed E-state index contributed by atoms with van der Waals surface area (Å²) in [7, 11) is 0. The highest BCUT2D eigenvalue weighted by atomic mass is 35.5. The zero-order chi connectivity index (χ0) is 13.8. The number of nitrogens with zero attached hydrogens (tertiary/aromatic N) is 1. The lowest BCUT2D eigenvalue weighted by Crippen LogP contribution is -2.38. The highest BCUT2D eigenvalue weighted by molar-refractivity contribution is 6.32. The van der Waals surface area contributed by atoms with E-state index in [1.165, 1.54) is 17.5 Å². The Morgan fingerprint density at radius 1 is 1.42 bits per heavy atom. The predicted octanol–water partition coefficient (Wildman–Crippen LogP) is 3.47. The van der Waals surface area contributed by atoms with Gasteiger partial charge in [0.15, 0.2) is 0 Å². The van der Waals surface area contributed by atoms with Gasteiger partial charge in [-0.1, -0.05) is 43.6 Å². The number of aryl methyl sites for hydroxylation is 1. The van der Waals surface area contributed by atoms with E-state index in [0.717, 1.165) is 31.2 Å². The first kappa shape index (κ1) is 14.8. The molecule has 1 aromatic rings. The molecule has 0 saturated carbocycles. The number of benzene rings is 1. The molecule has 1 saturated heterocycles. The standard InChI is InChI=1S/C16H25ClN2/c1-12(2)10-19(15-7-8-18-9-15)11-14-6-4-5-13(3)16(14)17/h4-6,12,15,18H,7-11H2,1-3H3. The van der Waals surface area contributed by atoms with Crippen LogP contribution in [0.5, 0.6) is 0 Å². The van der Waals surface area contributed by atoms with Crippen molar-refractivity contribution < 1.29 is 0 Å². The molecule has 0 aromatic heterocycles. The molecule has 0 aliphatic carbocycles. The van der Waals surface area contributed by atoms with Crippen molar-refractivity contribution in [2.75, 3.05) is 19.6 Å². The van der Waals surface area contributed by atoms with Crippen LogP contribution in [-0.4, -0.2) is 30.6 Å². The first-order chi connectivity index (χ1) is 9.08. The third kappa shape index (κ3) is 3.95. The Morgan fingerprint density at radius 2 is 2.21 bits per heavy atom. The zero-order valence-corrected chi connectivity index (χ0v) is 13.0. The topological polar surface area (TPSA) is 15.3 Å². The fourth-order valence-electron chi connectivity index (χ4n) is 2.81. The minimum atomic E-state index is 0.652. The smallest absolute Gasteiger partial charge is 0.0480 e. The van der Waals surface area contributed by atoms with Gasteiger partial charge >= 0.3 is 0 Å². The van der Waals surface area contributed by atoms with Crippen molar-refractivity contribution in [2.45, 2.75) is 39.8 Å². The molecule has 2 rings (SSSR count). The maximum Gasteiger partial charge on any atom is 0.0480 e. The minimum absolute atomic E-state index is 0.652. The minimum Gasteiger partial charge on any atom is -0.315 e. The molecule has 1 aliphatic heterocycles. The van der Waals surface area contributed by atoms with E-state index in [0.29, 0.717) is 12.0 Å². The molecule has 1 N–H and O–H groups in total. The molecule has 106 valence electrons. The molecule has 1 fully saturated rings. The van der Waals surface area contributed by atoms with Crippen LogP contribution in [0.2, 0.25) is 5.02 Å². The highest BCUT2D eigenvalue weighted by Crippen LogP contribution is 2.24. The van der Waals surface area contributed by atoms with Crippen LogP contribution in [0.3, 0.4) is 0 Å². The average molecular weight is 281 g/mol. The largest absolute Gasteiger partial charge is 0.315 e. The van der Waals surface area contributed by atoms with Crippen LogP contribution in [0.1, 0.15) is 31.4 Å². The van der Waals surface area contributed by atoms with Gasteiger partial charge in [-0.2, -0.15) is 0 Å². The normalized spacial score (nSPS) is 19.6. The Kier molecular flexibility index (Phi) is 5.26. The van der Waals surface area contributed by atoms with Gasteiger partial charge in [-0.05, 0) is 36.9 Å². The van der Waals surface area contributed by atoms with Gasteiger partial charge in [0.25, 0.3) is 0 Å². The van der Waals surface area contributed by atoms with E-state index in [1.54, 1.807) is 0 Å². The number of halogens is 1. The van der Waals surface area contributed by atoms with E-state index in [-0.39, 0.29) is 0 Å². The molecule has 0 radical (unpaired) electrons. The third-order valence-corrected chi connectivity index (χ3v) is 4.34. The Balaban J connectivity index is 2.12. The Labute approximate surface area is 122 Å². The van der Waals surface area contributed by atoms with Crippen molar-refractivity contribution in [3.8, 4) is 0 Å². The highest BCUT2D eigenvalue weighted by Gasteiger charge is 2.23. The van der Waals surface area contributed by atoms with Crippen molar-refractivity contribution in [2.24, 2.45) is 5.92 Å². The van der Waals surface area contributed by atoms with E-state index < -0.39 is 0 Å². The average Bonchev–Trinajstić information content (AvgIpc) is 2.87. The second-order valence-corrected chi connectivity index (χ2v) is 6.40. The maximum atomic E-state index is 6.44. The molecule has 1 aromatic carbocycles. The second kappa shape index (κ2) is 6.74. The van der Waals surface area contributed by atoms with Gasteiger partial charge < -0.3 is 5.32 Å².